The third-order valence-corrected chi connectivity index (χ3v) is 4.73. The lowest BCUT2D eigenvalue weighted by Crippen LogP contribution is -2.54. The summed E-state index contributed by atoms with van der Waals surface area (Å²) in [4.78, 5) is 26.7. The van der Waals surface area contributed by atoms with E-state index in [2.05, 4.69) is 5.32 Å². The zero-order valence-corrected chi connectivity index (χ0v) is 15.5. The van der Waals surface area contributed by atoms with Crippen LogP contribution >= 0.6 is 12.4 Å². The van der Waals surface area contributed by atoms with Gasteiger partial charge in [0, 0.05) is 19.1 Å². The fourth-order valence-electron chi connectivity index (χ4n) is 3.05. The summed E-state index contributed by atoms with van der Waals surface area (Å²) in [6.07, 6.45) is 4.36. The Kier molecular flexibility index (Phi) is 6.45. The lowest BCUT2D eigenvalue weighted by atomic mass is 9.91. The molecule has 26 heavy (non-hydrogen) atoms. The summed E-state index contributed by atoms with van der Waals surface area (Å²) in [5, 5.41) is 3.03. The number of benzene rings is 1. The fraction of sp³-hybridized carbons (Fsp3) is 0.368. The molecule has 0 spiro atoms. The van der Waals surface area contributed by atoms with Crippen LogP contribution in [0.3, 0.4) is 0 Å². The number of carbonyl (C=O) groups is 2. The first kappa shape index (κ1) is 20.0. The minimum Gasteiger partial charge on any atom is -0.472 e. The highest BCUT2D eigenvalue weighted by Crippen LogP contribution is 2.20. The average Bonchev–Trinajstić information content (AvgIpc) is 3.17. The number of nitrogens with zero attached hydrogens (tertiary/aromatic N) is 1. The monoisotopic (exact) mass is 377 g/mol. The molecule has 2 amide bonds. The molecule has 140 valence electrons. The van der Waals surface area contributed by atoms with Gasteiger partial charge in [-0.3, -0.25) is 9.59 Å². The number of hydrogen-bond donors (Lipinski definition) is 2. The zero-order chi connectivity index (χ0) is 17.9. The van der Waals surface area contributed by atoms with Crippen molar-refractivity contribution >= 4 is 24.2 Å². The van der Waals surface area contributed by atoms with Gasteiger partial charge in [0.2, 0.25) is 5.91 Å². The number of hydrogen-bond acceptors (Lipinski definition) is 4. The zero-order valence-electron chi connectivity index (χ0n) is 14.7. The number of rotatable bonds is 4. The van der Waals surface area contributed by atoms with E-state index in [9.17, 15) is 9.59 Å². The Hall–Kier alpha value is -2.31. The molecular weight excluding hydrogens is 354 g/mol. The highest BCUT2D eigenvalue weighted by molar-refractivity contribution is 5.94. The standard InChI is InChI=1S/C19H23N3O3.ClH/c1-19(20,15-5-3-2-4-6-15)18(24)21-16-7-10-22(11-8-16)17(23)14-9-12-25-13-14;/h2-6,9,12-13,16H,7-8,10-11,20H2,1H3,(H,21,24);1H. The Labute approximate surface area is 159 Å². The highest BCUT2D eigenvalue weighted by atomic mass is 35.5. The number of amides is 2. The first-order chi connectivity index (χ1) is 12.0. The first-order valence-electron chi connectivity index (χ1n) is 8.45. The van der Waals surface area contributed by atoms with Crippen LogP contribution in [0.5, 0.6) is 0 Å². The topological polar surface area (TPSA) is 88.6 Å². The van der Waals surface area contributed by atoms with E-state index < -0.39 is 5.54 Å². The van der Waals surface area contributed by atoms with Crippen molar-refractivity contribution in [3.8, 4) is 0 Å². The van der Waals surface area contributed by atoms with Gasteiger partial charge in [0.15, 0.2) is 0 Å². The largest absolute Gasteiger partial charge is 0.472 e. The van der Waals surface area contributed by atoms with Crippen LogP contribution in [0.25, 0.3) is 0 Å². The first-order valence-corrected chi connectivity index (χ1v) is 8.45. The maximum Gasteiger partial charge on any atom is 0.257 e. The Morgan fingerprint density at radius 3 is 2.42 bits per heavy atom. The third-order valence-electron chi connectivity index (χ3n) is 4.73. The van der Waals surface area contributed by atoms with Gasteiger partial charge in [0.05, 0.1) is 11.8 Å². The number of furan rings is 1. The Bertz CT molecular complexity index is 724. The third kappa shape index (κ3) is 4.26. The lowest BCUT2D eigenvalue weighted by molar-refractivity contribution is -0.127. The summed E-state index contributed by atoms with van der Waals surface area (Å²) in [5.41, 5.74) is 6.51. The van der Waals surface area contributed by atoms with Crippen molar-refractivity contribution in [2.45, 2.75) is 31.3 Å². The van der Waals surface area contributed by atoms with Crippen LogP contribution in [-0.4, -0.2) is 35.8 Å². The van der Waals surface area contributed by atoms with E-state index in [-0.39, 0.29) is 30.3 Å². The van der Waals surface area contributed by atoms with Gasteiger partial charge in [-0.25, -0.2) is 0 Å². The van der Waals surface area contributed by atoms with E-state index >= 15 is 0 Å². The Balaban J connectivity index is 0.00000243. The summed E-state index contributed by atoms with van der Waals surface area (Å²) >= 11 is 0. The second-order valence-electron chi connectivity index (χ2n) is 6.62. The minimum atomic E-state index is -1.08. The van der Waals surface area contributed by atoms with Gasteiger partial charge in [0.25, 0.3) is 5.91 Å². The smallest absolute Gasteiger partial charge is 0.257 e. The molecular formula is C19H24ClN3O3. The fourth-order valence-corrected chi connectivity index (χ4v) is 3.05. The summed E-state index contributed by atoms with van der Waals surface area (Å²) < 4.78 is 4.96. The Morgan fingerprint density at radius 2 is 1.85 bits per heavy atom. The molecule has 0 bridgehead atoms. The molecule has 2 aromatic rings. The molecule has 1 aromatic heterocycles. The summed E-state index contributed by atoms with van der Waals surface area (Å²) in [6, 6.07) is 11.0. The van der Waals surface area contributed by atoms with Crippen LogP contribution < -0.4 is 11.1 Å². The predicted octanol–water partition coefficient (Wildman–Crippen LogP) is 2.30. The molecule has 1 unspecified atom stereocenters. The second kappa shape index (κ2) is 8.38. The van der Waals surface area contributed by atoms with Crippen molar-refractivity contribution in [1.29, 1.82) is 0 Å². The van der Waals surface area contributed by atoms with Crippen LogP contribution in [0.4, 0.5) is 0 Å². The van der Waals surface area contributed by atoms with Crippen LogP contribution in [0.1, 0.15) is 35.7 Å². The molecule has 0 aliphatic carbocycles. The number of piperidine rings is 1. The number of likely N-dealkylation sites (tertiary alicyclic amines) is 1. The molecule has 1 saturated heterocycles. The minimum absolute atomic E-state index is 0. The number of nitrogens with one attached hydrogen (secondary N) is 1. The summed E-state index contributed by atoms with van der Waals surface area (Å²) in [7, 11) is 0. The molecule has 6 nitrogen and oxygen atoms in total. The number of carbonyl (C=O) groups excluding carboxylic acids is 2. The maximum absolute atomic E-state index is 12.6. The average molecular weight is 378 g/mol. The second-order valence-corrected chi connectivity index (χ2v) is 6.62. The number of nitrogens with two attached hydrogens (primary N) is 1. The van der Waals surface area contributed by atoms with Gasteiger partial charge in [-0.05, 0) is 31.4 Å². The predicted molar refractivity (Wildman–Crippen MR) is 101 cm³/mol. The van der Waals surface area contributed by atoms with Crippen molar-refractivity contribution in [2.75, 3.05) is 13.1 Å². The molecule has 1 aromatic carbocycles. The van der Waals surface area contributed by atoms with E-state index in [1.807, 2.05) is 30.3 Å². The highest BCUT2D eigenvalue weighted by Gasteiger charge is 2.33. The van der Waals surface area contributed by atoms with E-state index in [0.29, 0.717) is 31.5 Å². The van der Waals surface area contributed by atoms with Gasteiger partial charge in [-0.15, -0.1) is 12.4 Å². The molecule has 3 rings (SSSR count). The normalized spacial score (nSPS) is 17.1. The van der Waals surface area contributed by atoms with E-state index in [1.54, 1.807) is 17.9 Å². The molecule has 1 aliphatic heterocycles. The number of halogens is 1. The van der Waals surface area contributed by atoms with Crippen molar-refractivity contribution in [3.63, 3.8) is 0 Å². The van der Waals surface area contributed by atoms with Gasteiger partial charge >= 0.3 is 0 Å². The van der Waals surface area contributed by atoms with Crippen molar-refractivity contribution in [3.05, 3.63) is 60.1 Å². The van der Waals surface area contributed by atoms with Gasteiger partial charge in [-0.2, -0.15) is 0 Å². The SMILES string of the molecule is CC(N)(C(=O)NC1CCN(C(=O)c2ccoc2)CC1)c1ccccc1.Cl. The van der Waals surface area contributed by atoms with E-state index in [0.717, 1.165) is 5.56 Å². The molecule has 1 fully saturated rings. The summed E-state index contributed by atoms with van der Waals surface area (Å²) in [5.74, 6) is -0.232. The van der Waals surface area contributed by atoms with E-state index in [4.69, 9.17) is 10.2 Å². The van der Waals surface area contributed by atoms with Gasteiger partial charge in [-0.1, -0.05) is 30.3 Å². The van der Waals surface area contributed by atoms with Crippen LogP contribution in [0.15, 0.2) is 53.3 Å². The van der Waals surface area contributed by atoms with Crippen molar-refractivity contribution < 1.29 is 14.0 Å². The van der Waals surface area contributed by atoms with E-state index in [1.165, 1.54) is 12.5 Å². The summed E-state index contributed by atoms with van der Waals surface area (Å²) in [6.45, 7) is 2.92. The van der Waals surface area contributed by atoms with Crippen molar-refractivity contribution in [2.24, 2.45) is 5.73 Å². The quantitative estimate of drug-likeness (QED) is 0.855. The molecule has 1 aliphatic rings. The molecule has 3 N–H and O–H groups in total. The molecule has 0 saturated carbocycles. The molecule has 2 heterocycles. The lowest BCUT2D eigenvalue weighted by Gasteiger charge is -2.34. The molecule has 7 heteroatoms. The van der Waals surface area contributed by atoms with Crippen LogP contribution in [0, 0.1) is 0 Å². The van der Waals surface area contributed by atoms with Crippen molar-refractivity contribution in [1.82, 2.24) is 10.2 Å². The van der Waals surface area contributed by atoms with Gasteiger partial charge < -0.3 is 20.4 Å². The maximum atomic E-state index is 12.6. The Morgan fingerprint density at radius 1 is 1.19 bits per heavy atom. The van der Waals surface area contributed by atoms with Crippen LogP contribution in [-0.2, 0) is 10.3 Å². The molecule has 0 radical (unpaired) electrons. The van der Waals surface area contributed by atoms with Gasteiger partial charge in [0.1, 0.15) is 11.8 Å². The molecule has 1 atom stereocenters. The van der Waals surface area contributed by atoms with Crippen LogP contribution in [0.2, 0.25) is 0 Å².